The molecule has 1 aromatic heterocycles. The van der Waals surface area contributed by atoms with E-state index in [0.717, 1.165) is 46.7 Å². The predicted octanol–water partition coefficient (Wildman–Crippen LogP) is 4.06. The molecule has 1 aromatic carbocycles. The van der Waals surface area contributed by atoms with E-state index in [4.69, 9.17) is 4.98 Å². The lowest BCUT2D eigenvalue weighted by atomic mass is 10.1. The number of halogens is 1. The van der Waals surface area contributed by atoms with Crippen LogP contribution in [0.3, 0.4) is 0 Å². The maximum atomic E-state index is 4.70. The molecule has 106 valence electrons. The minimum Gasteiger partial charge on any atom is -0.369 e. The standard InChI is InChI=1S/C16H20IN3/c1-3-10-18-16-15(17)13(4-2)19-14(20-16)11-12-8-6-5-7-9-12/h5-9H,3-4,10-11H2,1-2H3,(H,18,19,20). The van der Waals surface area contributed by atoms with Gasteiger partial charge in [-0.2, -0.15) is 0 Å². The van der Waals surface area contributed by atoms with Crippen molar-refractivity contribution < 1.29 is 0 Å². The molecule has 0 spiro atoms. The fourth-order valence-electron chi connectivity index (χ4n) is 2.00. The Balaban J connectivity index is 2.28. The second-order valence-corrected chi connectivity index (χ2v) is 5.77. The third-order valence-corrected chi connectivity index (χ3v) is 4.18. The molecule has 0 radical (unpaired) electrons. The van der Waals surface area contributed by atoms with Gasteiger partial charge in [0.15, 0.2) is 0 Å². The summed E-state index contributed by atoms with van der Waals surface area (Å²) in [5, 5.41) is 3.40. The summed E-state index contributed by atoms with van der Waals surface area (Å²) in [6.45, 7) is 5.24. The molecule has 4 heteroatoms. The van der Waals surface area contributed by atoms with Crippen molar-refractivity contribution in [1.82, 2.24) is 9.97 Å². The lowest BCUT2D eigenvalue weighted by Gasteiger charge is -2.12. The molecule has 0 unspecified atom stereocenters. The molecule has 0 fully saturated rings. The smallest absolute Gasteiger partial charge is 0.143 e. The second kappa shape index (κ2) is 7.57. The molecule has 0 aliphatic carbocycles. The summed E-state index contributed by atoms with van der Waals surface area (Å²) in [7, 11) is 0. The third kappa shape index (κ3) is 3.91. The average molecular weight is 381 g/mol. The van der Waals surface area contributed by atoms with E-state index in [1.165, 1.54) is 5.56 Å². The van der Waals surface area contributed by atoms with Crippen molar-refractivity contribution in [3.8, 4) is 0 Å². The van der Waals surface area contributed by atoms with Crippen molar-refractivity contribution in [2.45, 2.75) is 33.1 Å². The van der Waals surface area contributed by atoms with Gasteiger partial charge in [-0.15, -0.1) is 0 Å². The van der Waals surface area contributed by atoms with Crippen molar-refractivity contribution >= 4 is 28.4 Å². The van der Waals surface area contributed by atoms with Crippen LogP contribution in [-0.2, 0) is 12.8 Å². The highest BCUT2D eigenvalue weighted by molar-refractivity contribution is 14.1. The minimum atomic E-state index is 0.783. The zero-order valence-electron chi connectivity index (χ0n) is 12.0. The summed E-state index contributed by atoms with van der Waals surface area (Å²) in [4.78, 5) is 9.38. The van der Waals surface area contributed by atoms with E-state index in [-0.39, 0.29) is 0 Å². The zero-order valence-corrected chi connectivity index (χ0v) is 14.1. The molecule has 0 bridgehead atoms. The highest BCUT2D eigenvalue weighted by Gasteiger charge is 2.11. The normalized spacial score (nSPS) is 10.6. The quantitative estimate of drug-likeness (QED) is 0.767. The van der Waals surface area contributed by atoms with Gasteiger partial charge in [-0.05, 0) is 41.0 Å². The molecule has 3 nitrogen and oxygen atoms in total. The van der Waals surface area contributed by atoms with Crippen LogP contribution in [-0.4, -0.2) is 16.5 Å². The first kappa shape index (κ1) is 15.2. The van der Waals surface area contributed by atoms with E-state index in [1.807, 2.05) is 6.07 Å². The largest absolute Gasteiger partial charge is 0.369 e. The van der Waals surface area contributed by atoms with E-state index in [2.05, 4.69) is 71.0 Å². The maximum absolute atomic E-state index is 4.70. The molecule has 0 atom stereocenters. The van der Waals surface area contributed by atoms with Crippen molar-refractivity contribution in [3.05, 3.63) is 51.0 Å². The molecule has 1 heterocycles. The number of nitrogens with one attached hydrogen (secondary N) is 1. The van der Waals surface area contributed by atoms with Crippen LogP contribution in [0.1, 0.15) is 37.4 Å². The number of aryl methyl sites for hydroxylation is 1. The van der Waals surface area contributed by atoms with E-state index >= 15 is 0 Å². The third-order valence-electron chi connectivity index (χ3n) is 3.05. The minimum absolute atomic E-state index is 0.783. The van der Waals surface area contributed by atoms with E-state index < -0.39 is 0 Å². The number of aromatic nitrogens is 2. The van der Waals surface area contributed by atoms with Crippen molar-refractivity contribution in [2.75, 3.05) is 11.9 Å². The zero-order chi connectivity index (χ0) is 14.4. The van der Waals surface area contributed by atoms with Gasteiger partial charge in [0.25, 0.3) is 0 Å². The Bertz CT molecular complexity index is 555. The van der Waals surface area contributed by atoms with E-state index in [9.17, 15) is 0 Å². The van der Waals surface area contributed by atoms with Gasteiger partial charge in [0.05, 0.1) is 9.26 Å². The molecule has 0 amide bonds. The Morgan fingerprint density at radius 3 is 2.50 bits per heavy atom. The Morgan fingerprint density at radius 2 is 1.85 bits per heavy atom. The molecule has 0 aliphatic heterocycles. The Labute approximate surface area is 134 Å². The Morgan fingerprint density at radius 1 is 1.10 bits per heavy atom. The summed E-state index contributed by atoms with van der Waals surface area (Å²) in [6, 6.07) is 10.4. The number of anilines is 1. The van der Waals surface area contributed by atoms with Crippen LogP contribution in [0.25, 0.3) is 0 Å². The van der Waals surface area contributed by atoms with Crippen LogP contribution in [0, 0.1) is 3.57 Å². The molecule has 2 aromatic rings. The fraction of sp³-hybridized carbons (Fsp3) is 0.375. The van der Waals surface area contributed by atoms with Gasteiger partial charge in [0.1, 0.15) is 11.6 Å². The molecule has 0 aliphatic rings. The van der Waals surface area contributed by atoms with Gasteiger partial charge < -0.3 is 5.32 Å². The number of rotatable bonds is 6. The molecule has 20 heavy (non-hydrogen) atoms. The highest BCUT2D eigenvalue weighted by Crippen LogP contribution is 2.20. The van der Waals surface area contributed by atoms with Gasteiger partial charge in [-0.3, -0.25) is 0 Å². The first-order chi connectivity index (χ1) is 9.74. The van der Waals surface area contributed by atoms with Crippen LogP contribution >= 0.6 is 22.6 Å². The second-order valence-electron chi connectivity index (χ2n) is 4.69. The summed E-state index contributed by atoms with van der Waals surface area (Å²) >= 11 is 2.34. The van der Waals surface area contributed by atoms with Gasteiger partial charge in [-0.25, -0.2) is 9.97 Å². The van der Waals surface area contributed by atoms with Gasteiger partial charge >= 0.3 is 0 Å². The summed E-state index contributed by atoms with van der Waals surface area (Å²) in [6.07, 6.45) is 2.81. The topological polar surface area (TPSA) is 37.8 Å². The molecular weight excluding hydrogens is 361 g/mol. The van der Waals surface area contributed by atoms with Crippen LogP contribution in [0.4, 0.5) is 5.82 Å². The van der Waals surface area contributed by atoms with E-state index in [1.54, 1.807) is 0 Å². The SMILES string of the molecule is CCCNc1nc(Cc2ccccc2)nc(CC)c1I. The predicted molar refractivity (Wildman–Crippen MR) is 92.2 cm³/mol. The molecular formula is C16H20IN3. The Hall–Kier alpha value is -1.17. The van der Waals surface area contributed by atoms with Crippen molar-refractivity contribution in [2.24, 2.45) is 0 Å². The number of benzene rings is 1. The first-order valence-electron chi connectivity index (χ1n) is 7.07. The summed E-state index contributed by atoms with van der Waals surface area (Å²) < 4.78 is 1.15. The van der Waals surface area contributed by atoms with Gasteiger partial charge in [-0.1, -0.05) is 44.2 Å². The number of hydrogen-bond acceptors (Lipinski definition) is 3. The van der Waals surface area contributed by atoms with Crippen LogP contribution in [0.2, 0.25) is 0 Å². The van der Waals surface area contributed by atoms with Crippen molar-refractivity contribution in [3.63, 3.8) is 0 Å². The van der Waals surface area contributed by atoms with Crippen LogP contribution in [0.5, 0.6) is 0 Å². The number of hydrogen-bond donors (Lipinski definition) is 1. The molecule has 0 saturated carbocycles. The van der Waals surface area contributed by atoms with E-state index in [0.29, 0.717) is 0 Å². The lowest BCUT2D eigenvalue weighted by Crippen LogP contribution is -2.10. The maximum Gasteiger partial charge on any atom is 0.143 e. The van der Waals surface area contributed by atoms with Gasteiger partial charge in [0.2, 0.25) is 0 Å². The summed E-state index contributed by atoms with van der Waals surface area (Å²) in [5.74, 6) is 1.87. The fourth-order valence-corrected chi connectivity index (χ4v) is 2.81. The number of nitrogens with zero attached hydrogens (tertiary/aromatic N) is 2. The summed E-state index contributed by atoms with van der Waals surface area (Å²) in [5.41, 5.74) is 2.38. The molecule has 1 N–H and O–H groups in total. The monoisotopic (exact) mass is 381 g/mol. The lowest BCUT2D eigenvalue weighted by molar-refractivity contribution is 0.882. The Kier molecular flexibility index (Phi) is 5.76. The van der Waals surface area contributed by atoms with Crippen molar-refractivity contribution in [1.29, 1.82) is 0 Å². The highest BCUT2D eigenvalue weighted by atomic mass is 127. The first-order valence-corrected chi connectivity index (χ1v) is 8.15. The molecule has 2 rings (SSSR count). The van der Waals surface area contributed by atoms with Crippen LogP contribution in [0.15, 0.2) is 30.3 Å². The van der Waals surface area contributed by atoms with Crippen LogP contribution < -0.4 is 5.32 Å². The average Bonchev–Trinajstić information content (AvgIpc) is 2.48. The van der Waals surface area contributed by atoms with Gasteiger partial charge in [0, 0.05) is 13.0 Å². The molecule has 0 saturated heterocycles.